The number of hydrazone groups is 1. The molecule has 1 N–H and O–H groups in total. The molecule has 3 rings (SSSR count). The predicted molar refractivity (Wildman–Crippen MR) is 130 cm³/mol. The summed E-state index contributed by atoms with van der Waals surface area (Å²) in [5, 5.41) is 14.0. The molecule has 0 aliphatic carbocycles. The van der Waals surface area contributed by atoms with E-state index < -0.39 is 0 Å². The minimum Gasteiger partial charge on any atom is -0.493 e. The summed E-state index contributed by atoms with van der Waals surface area (Å²) >= 11 is 21.2. The van der Waals surface area contributed by atoms with Crippen LogP contribution in [0.2, 0.25) is 15.1 Å². The number of nitrogens with zero attached hydrogens (tertiary/aromatic N) is 3. The van der Waals surface area contributed by atoms with Gasteiger partial charge in [0.15, 0.2) is 15.8 Å². The van der Waals surface area contributed by atoms with Gasteiger partial charge in [-0.2, -0.15) is 5.10 Å². The third-order valence-electron chi connectivity index (χ3n) is 3.88. The van der Waals surface area contributed by atoms with Gasteiger partial charge in [0.25, 0.3) is 5.91 Å². The fourth-order valence-electron chi connectivity index (χ4n) is 2.42. The Morgan fingerprint density at radius 1 is 1.22 bits per heavy atom. The van der Waals surface area contributed by atoms with Crippen molar-refractivity contribution in [3.05, 3.63) is 61.5 Å². The smallest absolute Gasteiger partial charge is 0.250 e. The minimum atomic E-state index is -0.267. The summed E-state index contributed by atoms with van der Waals surface area (Å²) in [6, 6.07) is 8.49. The zero-order valence-corrected chi connectivity index (χ0v) is 20.8. The fraction of sp³-hybridized carbons (Fsp3) is 0.200. The van der Waals surface area contributed by atoms with E-state index in [0.717, 1.165) is 14.9 Å². The number of ether oxygens (including phenoxy) is 2. The van der Waals surface area contributed by atoms with E-state index in [1.807, 2.05) is 6.92 Å². The van der Waals surface area contributed by atoms with E-state index in [1.54, 1.807) is 30.3 Å². The minimum absolute atomic E-state index is 0.177. The van der Waals surface area contributed by atoms with Gasteiger partial charge in [-0.15, -0.1) is 10.2 Å². The normalized spacial score (nSPS) is 11.0. The molecule has 3 aromatic rings. The lowest BCUT2D eigenvalue weighted by Crippen LogP contribution is -2.19. The van der Waals surface area contributed by atoms with E-state index >= 15 is 0 Å². The molecule has 0 saturated carbocycles. The molecule has 1 amide bonds. The SMILES string of the molecule is COc1cc(/C=N\NC(=O)CSc2nnc(C)s2)cc(Cl)c1OCc1ccc(Cl)cc1Cl. The number of amides is 1. The number of carbonyl (C=O) groups is 1. The molecule has 1 heterocycles. The topological polar surface area (TPSA) is 85.7 Å². The van der Waals surface area contributed by atoms with Gasteiger partial charge in [0.2, 0.25) is 0 Å². The lowest BCUT2D eigenvalue weighted by molar-refractivity contribution is -0.118. The van der Waals surface area contributed by atoms with E-state index in [4.69, 9.17) is 44.3 Å². The van der Waals surface area contributed by atoms with Crippen molar-refractivity contribution < 1.29 is 14.3 Å². The molecule has 0 aliphatic heterocycles. The molecule has 1 aromatic heterocycles. The van der Waals surface area contributed by atoms with Gasteiger partial charge in [-0.1, -0.05) is 64.0 Å². The number of aromatic nitrogens is 2. The summed E-state index contributed by atoms with van der Waals surface area (Å²) in [5.74, 6) is 0.690. The average molecular weight is 532 g/mol. The number of nitrogens with one attached hydrogen (secondary N) is 1. The summed E-state index contributed by atoms with van der Waals surface area (Å²) in [6.45, 7) is 2.04. The molecule has 0 fully saturated rings. The van der Waals surface area contributed by atoms with Crippen molar-refractivity contribution in [1.29, 1.82) is 0 Å². The molecule has 12 heteroatoms. The summed E-state index contributed by atoms with van der Waals surface area (Å²) < 4.78 is 12.0. The van der Waals surface area contributed by atoms with Crippen molar-refractivity contribution in [2.45, 2.75) is 17.9 Å². The second-order valence-corrected chi connectivity index (χ2v) is 9.88. The van der Waals surface area contributed by atoms with Gasteiger partial charge in [0.05, 0.1) is 24.1 Å². The molecule has 2 aromatic carbocycles. The number of methoxy groups -OCH3 is 1. The van der Waals surface area contributed by atoms with Crippen LogP contribution in [-0.2, 0) is 11.4 Å². The van der Waals surface area contributed by atoms with Gasteiger partial charge in [-0.3, -0.25) is 4.79 Å². The molecule has 0 unspecified atom stereocenters. The summed E-state index contributed by atoms with van der Waals surface area (Å²) in [5.41, 5.74) is 3.84. The van der Waals surface area contributed by atoms with Crippen LogP contribution in [0.3, 0.4) is 0 Å². The van der Waals surface area contributed by atoms with Crippen molar-refractivity contribution in [1.82, 2.24) is 15.6 Å². The number of aryl methyl sites for hydroxylation is 1. The summed E-state index contributed by atoms with van der Waals surface area (Å²) in [6.07, 6.45) is 1.46. The van der Waals surface area contributed by atoms with Crippen LogP contribution in [0.5, 0.6) is 11.5 Å². The highest BCUT2D eigenvalue weighted by atomic mass is 35.5. The highest BCUT2D eigenvalue weighted by Crippen LogP contribution is 2.37. The molecule has 0 saturated heterocycles. The molecule has 0 atom stereocenters. The number of carbonyl (C=O) groups excluding carboxylic acids is 1. The van der Waals surface area contributed by atoms with E-state index in [9.17, 15) is 4.79 Å². The Bertz CT molecular complexity index is 1140. The van der Waals surface area contributed by atoms with Gasteiger partial charge in [0.1, 0.15) is 11.6 Å². The van der Waals surface area contributed by atoms with Crippen LogP contribution in [0.25, 0.3) is 0 Å². The number of benzene rings is 2. The number of rotatable bonds is 9. The second kappa shape index (κ2) is 11.7. The van der Waals surface area contributed by atoms with Crippen LogP contribution in [0.4, 0.5) is 0 Å². The second-order valence-electron chi connectivity index (χ2n) is 6.23. The highest BCUT2D eigenvalue weighted by molar-refractivity contribution is 8.01. The molecule has 0 radical (unpaired) electrons. The molecule has 7 nitrogen and oxygen atoms in total. The largest absolute Gasteiger partial charge is 0.493 e. The standard InChI is InChI=1S/C20H17Cl3N4O3S2/c1-11-25-27-20(32-11)31-10-18(28)26-24-8-12-5-16(23)19(17(6-12)29-2)30-9-13-3-4-14(21)7-15(13)22/h3-8H,9-10H2,1-2H3,(H,26,28)/b24-8-. The summed E-state index contributed by atoms with van der Waals surface area (Å²) in [4.78, 5) is 11.9. The first-order valence-corrected chi connectivity index (χ1v) is 12.0. The third kappa shape index (κ3) is 6.98. The number of thioether (sulfide) groups is 1. The average Bonchev–Trinajstić information content (AvgIpc) is 3.17. The lowest BCUT2D eigenvalue weighted by atomic mass is 10.2. The number of hydrogen-bond acceptors (Lipinski definition) is 8. The third-order valence-corrected chi connectivity index (χ3v) is 6.72. The Kier molecular flexibility index (Phi) is 9.01. The van der Waals surface area contributed by atoms with Crippen molar-refractivity contribution in [2.75, 3.05) is 12.9 Å². The Balaban J connectivity index is 1.60. The zero-order chi connectivity index (χ0) is 23.1. The maximum atomic E-state index is 11.9. The van der Waals surface area contributed by atoms with E-state index in [-0.39, 0.29) is 18.3 Å². The number of halogens is 3. The zero-order valence-electron chi connectivity index (χ0n) is 16.9. The van der Waals surface area contributed by atoms with Gasteiger partial charge in [0, 0.05) is 15.6 Å². The lowest BCUT2D eigenvalue weighted by Gasteiger charge is -2.14. The summed E-state index contributed by atoms with van der Waals surface area (Å²) in [7, 11) is 1.50. The highest BCUT2D eigenvalue weighted by Gasteiger charge is 2.13. The quantitative estimate of drug-likeness (QED) is 0.219. The Morgan fingerprint density at radius 2 is 2.03 bits per heavy atom. The Hall–Kier alpha value is -2.04. The Morgan fingerprint density at radius 3 is 2.72 bits per heavy atom. The maximum Gasteiger partial charge on any atom is 0.250 e. The van der Waals surface area contributed by atoms with Crippen LogP contribution in [0, 0.1) is 6.92 Å². The maximum absolute atomic E-state index is 11.9. The van der Waals surface area contributed by atoms with Crippen LogP contribution in [-0.4, -0.2) is 35.2 Å². The first-order valence-electron chi connectivity index (χ1n) is 9.04. The molecule has 32 heavy (non-hydrogen) atoms. The fourth-order valence-corrected chi connectivity index (χ4v) is 4.76. The van der Waals surface area contributed by atoms with Gasteiger partial charge >= 0.3 is 0 Å². The van der Waals surface area contributed by atoms with Crippen molar-refractivity contribution >= 4 is 70.0 Å². The van der Waals surface area contributed by atoms with Crippen LogP contribution >= 0.6 is 57.9 Å². The van der Waals surface area contributed by atoms with Gasteiger partial charge in [-0.25, -0.2) is 5.43 Å². The van der Waals surface area contributed by atoms with Crippen LogP contribution in [0.1, 0.15) is 16.1 Å². The Labute approximate surface area is 208 Å². The molecular formula is C20H17Cl3N4O3S2. The molecule has 0 aliphatic rings. The molecule has 0 spiro atoms. The van der Waals surface area contributed by atoms with Gasteiger partial charge in [-0.05, 0) is 36.8 Å². The van der Waals surface area contributed by atoms with Crippen LogP contribution in [0.15, 0.2) is 39.8 Å². The monoisotopic (exact) mass is 530 g/mol. The van der Waals surface area contributed by atoms with Crippen LogP contribution < -0.4 is 14.9 Å². The van der Waals surface area contributed by atoms with E-state index in [2.05, 4.69) is 20.7 Å². The molecule has 168 valence electrons. The van der Waals surface area contributed by atoms with E-state index in [1.165, 1.54) is 36.4 Å². The first-order chi connectivity index (χ1) is 15.4. The first kappa shape index (κ1) is 24.6. The van der Waals surface area contributed by atoms with Crippen molar-refractivity contribution in [3.8, 4) is 11.5 Å². The number of hydrogen-bond donors (Lipinski definition) is 1. The predicted octanol–water partition coefficient (Wildman–Crippen LogP) is 5.64. The van der Waals surface area contributed by atoms with Crippen molar-refractivity contribution in [2.24, 2.45) is 5.10 Å². The van der Waals surface area contributed by atoms with Crippen molar-refractivity contribution in [3.63, 3.8) is 0 Å². The molecular weight excluding hydrogens is 515 g/mol. The molecule has 0 bridgehead atoms. The van der Waals surface area contributed by atoms with E-state index in [0.29, 0.717) is 32.1 Å². The van der Waals surface area contributed by atoms with Gasteiger partial charge < -0.3 is 9.47 Å².